The molecule has 2 atom stereocenters. The van der Waals surface area contributed by atoms with Gasteiger partial charge in [0.15, 0.2) is 0 Å². The van der Waals surface area contributed by atoms with Gasteiger partial charge in [-0.1, -0.05) is 0 Å². The van der Waals surface area contributed by atoms with Gasteiger partial charge >= 0.3 is 29.6 Å². The first-order valence-electron chi connectivity index (χ1n) is 3.54. The van der Waals surface area contributed by atoms with Gasteiger partial charge < -0.3 is 4.55 Å². The van der Waals surface area contributed by atoms with E-state index in [1.54, 1.807) is 0 Å². The Morgan fingerprint density at radius 2 is 2.17 bits per heavy atom. The van der Waals surface area contributed by atoms with Gasteiger partial charge in [-0.05, 0) is 6.42 Å². The molecular formula is C5H9N2NaO3S. The first-order chi connectivity index (χ1) is 5.09. The molecule has 2 aliphatic heterocycles. The summed E-state index contributed by atoms with van der Waals surface area (Å²) < 4.78 is 31.6. The molecule has 0 spiro atoms. The van der Waals surface area contributed by atoms with Gasteiger partial charge in [0.25, 0.3) is 0 Å². The van der Waals surface area contributed by atoms with Gasteiger partial charge in [0.1, 0.15) is 10.1 Å². The molecule has 2 heterocycles. The van der Waals surface area contributed by atoms with E-state index in [-0.39, 0.29) is 35.6 Å². The molecule has 0 amide bonds. The van der Waals surface area contributed by atoms with E-state index in [1.165, 1.54) is 0 Å². The third-order valence-electron chi connectivity index (χ3n) is 2.33. The third kappa shape index (κ3) is 1.70. The Morgan fingerprint density at radius 3 is 2.67 bits per heavy atom. The van der Waals surface area contributed by atoms with Gasteiger partial charge in [-0.25, -0.2) is 13.4 Å². The molecule has 0 aromatic heterocycles. The summed E-state index contributed by atoms with van der Waals surface area (Å²) in [6.45, 7) is 1.15. The quantitative estimate of drug-likeness (QED) is 0.341. The number of hydrogen-bond acceptors (Lipinski definition) is 5. The van der Waals surface area contributed by atoms with E-state index >= 15 is 0 Å². The zero-order valence-electron chi connectivity index (χ0n) is 6.86. The molecule has 64 valence electrons. The van der Waals surface area contributed by atoms with Crippen LogP contribution in [0.2, 0.25) is 0 Å². The van der Waals surface area contributed by atoms with E-state index < -0.39 is 15.4 Å². The molecule has 2 rings (SSSR count). The van der Waals surface area contributed by atoms with E-state index in [9.17, 15) is 13.0 Å². The fourth-order valence-corrected chi connectivity index (χ4v) is 2.69. The van der Waals surface area contributed by atoms with E-state index in [0.29, 0.717) is 6.54 Å². The van der Waals surface area contributed by atoms with E-state index in [2.05, 4.69) is 5.43 Å². The summed E-state index contributed by atoms with van der Waals surface area (Å²) in [5.74, 6) is 0. The maximum atomic E-state index is 10.5. The maximum absolute atomic E-state index is 10.5. The van der Waals surface area contributed by atoms with Gasteiger partial charge in [0, 0.05) is 19.1 Å². The Kier molecular flexibility index (Phi) is 3.21. The first-order valence-corrected chi connectivity index (χ1v) is 5.01. The SMILES string of the molecule is O=S(=O)([O-])C1CN2NCCC12.[Na+]. The van der Waals surface area contributed by atoms with Crippen molar-refractivity contribution >= 4 is 10.1 Å². The van der Waals surface area contributed by atoms with Crippen molar-refractivity contribution in [3.8, 4) is 0 Å². The Hall–Kier alpha value is 0.830. The number of nitrogens with one attached hydrogen (secondary N) is 1. The summed E-state index contributed by atoms with van der Waals surface area (Å²) in [5, 5.41) is 1.15. The molecule has 0 aromatic carbocycles. The first kappa shape index (κ1) is 10.9. The minimum atomic E-state index is -4.05. The zero-order chi connectivity index (χ0) is 8.06. The van der Waals surface area contributed by atoms with E-state index in [0.717, 1.165) is 13.0 Å². The van der Waals surface area contributed by atoms with Crippen LogP contribution in [0.1, 0.15) is 6.42 Å². The summed E-state index contributed by atoms with van der Waals surface area (Å²) >= 11 is 0. The van der Waals surface area contributed by atoms with Crippen molar-refractivity contribution in [1.82, 2.24) is 10.4 Å². The molecule has 1 N–H and O–H groups in total. The van der Waals surface area contributed by atoms with Gasteiger partial charge in [0.2, 0.25) is 0 Å². The molecule has 2 saturated heterocycles. The molecule has 0 aliphatic carbocycles. The minimum absolute atomic E-state index is 0. The fourth-order valence-electron chi connectivity index (χ4n) is 1.68. The second kappa shape index (κ2) is 3.53. The Bertz CT molecular complexity index is 268. The van der Waals surface area contributed by atoms with Gasteiger partial charge in [-0.3, -0.25) is 5.43 Å². The molecular weight excluding hydrogens is 191 g/mol. The van der Waals surface area contributed by atoms with Gasteiger partial charge in [0.05, 0.1) is 5.25 Å². The normalized spacial score (nSPS) is 35.1. The van der Waals surface area contributed by atoms with Crippen molar-refractivity contribution < 1.29 is 42.5 Å². The second-order valence-corrected chi connectivity index (χ2v) is 4.54. The fraction of sp³-hybridized carbons (Fsp3) is 1.00. The van der Waals surface area contributed by atoms with Crippen LogP contribution in [0, 0.1) is 0 Å². The summed E-state index contributed by atoms with van der Waals surface area (Å²) in [7, 11) is -4.05. The standard InChI is InChI=1S/C5H10N2O3S.Na/c8-11(9,10)5-3-7-4(5)1-2-6-7;/h4-6H,1-3H2,(H,8,9,10);/q;+1/p-1. The topological polar surface area (TPSA) is 72.5 Å². The monoisotopic (exact) mass is 200 g/mol. The van der Waals surface area contributed by atoms with Gasteiger partial charge in [-0.15, -0.1) is 0 Å². The Labute approximate surface area is 93.5 Å². The smallest absolute Gasteiger partial charge is 0.748 e. The summed E-state index contributed by atoms with van der Waals surface area (Å²) in [6, 6.07) is -0.0579. The molecule has 2 aliphatic rings. The van der Waals surface area contributed by atoms with Crippen LogP contribution < -0.4 is 35.0 Å². The van der Waals surface area contributed by atoms with Crippen molar-refractivity contribution in [2.75, 3.05) is 13.1 Å². The van der Waals surface area contributed by atoms with Crippen molar-refractivity contribution in [1.29, 1.82) is 0 Å². The van der Waals surface area contributed by atoms with Crippen LogP contribution in [-0.4, -0.2) is 42.4 Å². The van der Waals surface area contributed by atoms with Crippen molar-refractivity contribution in [2.45, 2.75) is 17.7 Å². The number of fused-ring (bicyclic) bond motifs is 1. The molecule has 2 fully saturated rings. The van der Waals surface area contributed by atoms with Crippen LogP contribution in [0.4, 0.5) is 0 Å². The molecule has 0 aromatic rings. The van der Waals surface area contributed by atoms with Crippen LogP contribution in [0.3, 0.4) is 0 Å². The summed E-state index contributed by atoms with van der Waals surface area (Å²) in [4.78, 5) is 0. The van der Waals surface area contributed by atoms with Crippen LogP contribution in [0.15, 0.2) is 0 Å². The maximum Gasteiger partial charge on any atom is 1.00 e. The van der Waals surface area contributed by atoms with Crippen molar-refractivity contribution in [2.24, 2.45) is 0 Å². The zero-order valence-corrected chi connectivity index (χ0v) is 9.67. The molecule has 0 saturated carbocycles. The van der Waals surface area contributed by atoms with Crippen LogP contribution in [-0.2, 0) is 10.1 Å². The van der Waals surface area contributed by atoms with Crippen molar-refractivity contribution in [3.63, 3.8) is 0 Å². The van der Waals surface area contributed by atoms with E-state index in [1.807, 2.05) is 5.01 Å². The average molecular weight is 200 g/mol. The number of hydrogen-bond donors (Lipinski definition) is 1. The van der Waals surface area contributed by atoms with Crippen LogP contribution in [0.25, 0.3) is 0 Å². The third-order valence-corrected chi connectivity index (χ3v) is 3.54. The average Bonchev–Trinajstić information content (AvgIpc) is 2.08. The number of rotatable bonds is 1. The Morgan fingerprint density at radius 1 is 1.50 bits per heavy atom. The molecule has 12 heavy (non-hydrogen) atoms. The second-order valence-electron chi connectivity index (χ2n) is 2.95. The minimum Gasteiger partial charge on any atom is -0.748 e. The largest absolute Gasteiger partial charge is 1.00 e. The molecule has 7 heteroatoms. The predicted octanol–water partition coefficient (Wildman–Crippen LogP) is -4.50. The Balaban J connectivity index is 0.000000720. The number of hydrazine groups is 1. The van der Waals surface area contributed by atoms with Crippen LogP contribution >= 0.6 is 0 Å². The van der Waals surface area contributed by atoms with Crippen molar-refractivity contribution in [3.05, 3.63) is 0 Å². The summed E-state index contributed by atoms with van der Waals surface area (Å²) in [5.41, 5.74) is 2.99. The molecule has 2 unspecified atom stereocenters. The van der Waals surface area contributed by atoms with E-state index in [4.69, 9.17) is 0 Å². The summed E-state index contributed by atoms with van der Waals surface area (Å²) in [6.07, 6.45) is 0.770. The number of nitrogens with zero attached hydrogens (tertiary/aromatic N) is 1. The molecule has 0 bridgehead atoms. The van der Waals surface area contributed by atoms with Gasteiger partial charge in [-0.2, -0.15) is 0 Å². The van der Waals surface area contributed by atoms with Crippen LogP contribution in [0.5, 0.6) is 0 Å². The predicted molar refractivity (Wildman–Crippen MR) is 36.6 cm³/mol. The molecule has 5 nitrogen and oxygen atoms in total. The molecule has 0 radical (unpaired) electrons.